The number of carbonyl (C=O) groups excluding carboxylic acids is 1. The molecule has 7 nitrogen and oxygen atoms in total. The predicted molar refractivity (Wildman–Crippen MR) is 112 cm³/mol. The number of carbonyl (C=O) groups is 1. The normalized spacial score (nSPS) is 11.0. The maximum atomic E-state index is 14.4. The summed E-state index contributed by atoms with van der Waals surface area (Å²) < 4.78 is 17.9. The Bertz CT molecular complexity index is 1260. The van der Waals surface area contributed by atoms with Gasteiger partial charge in [-0.3, -0.25) is 4.79 Å². The Balaban J connectivity index is 1.67. The number of anilines is 1. The topological polar surface area (TPSA) is 77.6 Å². The number of nitrogens with one attached hydrogen (secondary N) is 1. The molecule has 4 rings (SSSR count). The summed E-state index contributed by atoms with van der Waals surface area (Å²) in [5, 5.41) is 14.0. The zero-order valence-electron chi connectivity index (χ0n) is 17.1. The molecule has 0 aliphatic rings. The first kappa shape index (κ1) is 19.5. The van der Waals surface area contributed by atoms with Crippen molar-refractivity contribution >= 4 is 11.6 Å². The maximum absolute atomic E-state index is 14.4. The minimum absolute atomic E-state index is 0.0627. The van der Waals surface area contributed by atoms with Crippen molar-refractivity contribution in [3.8, 4) is 11.4 Å². The molecule has 152 valence electrons. The highest BCUT2D eigenvalue weighted by Crippen LogP contribution is 2.24. The molecule has 8 heteroatoms. The fourth-order valence-corrected chi connectivity index (χ4v) is 3.56. The highest BCUT2D eigenvalue weighted by atomic mass is 19.1. The van der Waals surface area contributed by atoms with Gasteiger partial charge in [0.2, 0.25) is 0 Å². The highest BCUT2D eigenvalue weighted by molar-refractivity contribution is 6.05. The van der Waals surface area contributed by atoms with Gasteiger partial charge < -0.3 is 9.88 Å². The molecule has 0 spiro atoms. The molecule has 0 saturated carbocycles. The second kappa shape index (κ2) is 7.55. The van der Waals surface area contributed by atoms with Crippen LogP contribution in [0.2, 0.25) is 0 Å². The van der Waals surface area contributed by atoms with Crippen LogP contribution in [0.3, 0.4) is 0 Å². The van der Waals surface area contributed by atoms with Crippen LogP contribution in [0.15, 0.2) is 48.5 Å². The number of amides is 1. The Hall–Kier alpha value is -3.81. The lowest BCUT2D eigenvalue weighted by Gasteiger charge is -2.11. The number of aromatic nitrogens is 5. The Kier molecular flexibility index (Phi) is 4.91. The van der Waals surface area contributed by atoms with Gasteiger partial charge in [0.25, 0.3) is 5.91 Å². The standard InChI is InChI=1S/C22H21FN6O/c1-13-6-5-7-17(10-13)28-14(2)11-19(15(28)3)22(30)24-21-12-18(8-9-20(21)23)29-16(4)25-26-27-29/h5-12H,1-4H3,(H,24,30). The van der Waals surface area contributed by atoms with Crippen molar-refractivity contribution in [3.63, 3.8) is 0 Å². The van der Waals surface area contributed by atoms with Gasteiger partial charge in [0.1, 0.15) is 5.82 Å². The third-order valence-electron chi connectivity index (χ3n) is 5.00. The molecule has 0 atom stereocenters. The number of halogens is 1. The summed E-state index contributed by atoms with van der Waals surface area (Å²) in [5.41, 5.74) is 4.91. The summed E-state index contributed by atoms with van der Waals surface area (Å²) in [6.07, 6.45) is 0. The van der Waals surface area contributed by atoms with E-state index in [9.17, 15) is 9.18 Å². The molecule has 0 aliphatic heterocycles. The zero-order valence-corrected chi connectivity index (χ0v) is 17.1. The van der Waals surface area contributed by atoms with Gasteiger partial charge in [-0.05, 0) is 80.1 Å². The third kappa shape index (κ3) is 3.47. The lowest BCUT2D eigenvalue weighted by Crippen LogP contribution is -2.14. The summed E-state index contributed by atoms with van der Waals surface area (Å²) in [4.78, 5) is 13.0. The van der Waals surface area contributed by atoms with Crippen molar-refractivity contribution in [2.45, 2.75) is 27.7 Å². The Labute approximate surface area is 173 Å². The van der Waals surface area contributed by atoms with E-state index in [2.05, 4.69) is 26.9 Å². The van der Waals surface area contributed by atoms with Crippen LogP contribution in [0.25, 0.3) is 11.4 Å². The van der Waals surface area contributed by atoms with E-state index in [0.29, 0.717) is 17.1 Å². The number of nitrogens with zero attached hydrogens (tertiary/aromatic N) is 5. The second-order valence-corrected chi connectivity index (χ2v) is 7.22. The monoisotopic (exact) mass is 404 g/mol. The quantitative estimate of drug-likeness (QED) is 0.556. The smallest absolute Gasteiger partial charge is 0.257 e. The van der Waals surface area contributed by atoms with E-state index in [1.54, 1.807) is 19.1 Å². The number of rotatable bonds is 4. The van der Waals surface area contributed by atoms with Crippen LogP contribution in [0.5, 0.6) is 0 Å². The van der Waals surface area contributed by atoms with Crippen LogP contribution in [-0.4, -0.2) is 30.7 Å². The fourth-order valence-electron chi connectivity index (χ4n) is 3.56. The largest absolute Gasteiger partial charge is 0.319 e. The van der Waals surface area contributed by atoms with Gasteiger partial charge in [-0.15, -0.1) is 5.10 Å². The number of tetrazole rings is 1. The van der Waals surface area contributed by atoms with Crippen molar-refractivity contribution in [2.75, 3.05) is 5.32 Å². The number of benzene rings is 2. The molecule has 1 N–H and O–H groups in total. The van der Waals surface area contributed by atoms with Crippen molar-refractivity contribution in [1.29, 1.82) is 0 Å². The number of hydrogen-bond acceptors (Lipinski definition) is 4. The third-order valence-corrected chi connectivity index (χ3v) is 5.00. The first-order valence-corrected chi connectivity index (χ1v) is 9.47. The van der Waals surface area contributed by atoms with Gasteiger partial charge in [-0.1, -0.05) is 12.1 Å². The van der Waals surface area contributed by atoms with Crippen molar-refractivity contribution in [1.82, 2.24) is 24.8 Å². The fraction of sp³-hybridized carbons (Fsp3) is 0.182. The molecule has 30 heavy (non-hydrogen) atoms. The number of aryl methyl sites for hydroxylation is 3. The summed E-state index contributed by atoms with van der Waals surface area (Å²) in [6, 6.07) is 14.2. The Morgan fingerprint density at radius 1 is 1.00 bits per heavy atom. The van der Waals surface area contributed by atoms with Crippen LogP contribution in [-0.2, 0) is 0 Å². The number of hydrogen-bond donors (Lipinski definition) is 1. The van der Waals surface area contributed by atoms with Gasteiger partial charge in [0.05, 0.1) is 16.9 Å². The summed E-state index contributed by atoms with van der Waals surface area (Å²) in [5.74, 6) is -0.364. The minimum Gasteiger partial charge on any atom is -0.319 e. The first-order chi connectivity index (χ1) is 14.3. The summed E-state index contributed by atoms with van der Waals surface area (Å²) in [6.45, 7) is 7.57. The lowest BCUT2D eigenvalue weighted by atomic mass is 10.2. The SMILES string of the molecule is Cc1cccc(-n2c(C)cc(C(=O)Nc3cc(-n4nnnc4C)ccc3F)c2C)c1. The Morgan fingerprint density at radius 3 is 2.50 bits per heavy atom. The lowest BCUT2D eigenvalue weighted by molar-refractivity contribution is 0.102. The Morgan fingerprint density at radius 2 is 1.80 bits per heavy atom. The van der Waals surface area contributed by atoms with E-state index >= 15 is 0 Å². The molecule has 0 fully saturated rings. The molecular weight excluding hydrogens is 383 g/mol. The van der Waals surface area contributed by atoms with E-state index in [4.69, 9.17) is 0 Å². The second-order valence-electron chi connectivity index (χ2n) is 7.22. The molecule has 2 aromatic carbocycles. The molecule has 0 unspecified atom stereocenters. The molecule has 1 amide bonds. The van der Waals surface area contributed by atoms with Crippen LogP contribution in [0.4, 0.5) is 10.1 Å². The minimum atomic E-state index is -0.537. The van der Waals surface area contributed by atoms with E-state index in [0.717, 1.165) is 22.6 Å². The van der Waals surface area contributed by atoms with Crippen LogP contribution < -0.4 is 5.32 Å². The van der Waals surface area contributed by atoms with Crippen LogP contribution in [0, 0.1) is 33.5 Å². The van der Waals surface area contributed by atoms with E-state index in [1.807, 2.05) is 43.5 Å². The summed E-state index contributed by atoms with van der Waals surface area (Å²) in [7, 11) is 0. The molecule has 2 aromatic heterocycles. The zero-order chi connectivity index (χ0) is 21.4. The van der Waals surface area contributed by atoms with Gasteiger partial charge in [0.15, 0.2) is 5.82 Å². The molecular formula is C22H21FN6O. The van der Waals surface area contributed by atoms with Crippen molar-refractivity contribution in [3.05, 3.63) is 82.7 Å². The van der Waals surface area contributed by atoms with E-state index < -0.39 is 5.82 Å². The van der Waals surface area contributed by atoms with Crippen LogP contribution >= 0.6 is 0 Å². The molecule has 0 radical (unpaired) electrons. The van der Waals surface area contributed by atoms with Gasteiger partial charge in [-0.25, -0.2) is 4.39 Å². The van der Waals surface area contributed by atoms with Gasteiger partial charge in [0, 0.05) is 17.1 Å². The van der Waals surface area contributed by atoms with Crippen molar-refractivity contribution in [2.24, 2.45) is 0 Å². The van der Waals surface area contributed by atoms with E-state index in [-0.39, 0.29) is 11.6 Å². The first-order valence-electron chi connectivity index (χ1n) is 9.47. The van der Waals surface area contributed by atoms with Crippen molar-refractivity contribution < 1.29 is 9.18 Å². The maximum Gasteiger partial charge on any atom is 0.257 e. The molecule has 0 saturated heterocycles. The van der Waals surface area contributed by atoms with Crippen LogP contribution in [0.1, 0.15) is 33.1 Å². The van der Waals surface area contributed by atoms with E-state index in [1.165, 1.54) is 16.8 Å². The highest BCUT2D eigenvalue weighted by Gasteiger charge is 2.18. The molecule has 0 aliphatic carbocycles. The average Bonchev–Trinajstić information content (AvgIpc) is 3.26. The van der Waals surface area contributed by atoms with Gasteiger partial charge >= 0.3 is 0 Å². The average molecular weight is 404 g/mol. The molecule has 2 heterocycles. The van der Waals surface area contributed by atoms with Gasteiger partial charge in [-0.2, -0.15) is 4.68 Å². The predicted octanol–water partition coefficient (Wildman–Crippen LogP) is 4.08. The molecule has 0 bridgehead atoms. The summed E-state index contributed by atoms with van der Waals surface area (Å²) >= 11 is 0. The molecule has 4 aromatic rings.